The molecule has 0 radical (unpaired) electrons. The minimum absolute atomic E-state index is 0.397. The Morgan fingerprint density at radius 1 is 1.42 bits per heavy atom. The summed E-state index contributed by atoms with van der Waals surface area (Å²) in [6.07, 6.45) is 1.68. The Bertz CT molecular complexity index is 573. The molecule has 0 aliphatic heterocycles. The highest BCUT2D eigenvalue weighted by Crippen LogP contribution is 2.24. The Morgan fingerprint density at radius 3 is 2.89 bits per heavy atom. The Morgan fingerprint density at radius 2 is 2.21 bits per heavy atom. The maximum atomic E-state index is 5.33. The number of hydrogen-bond donors (Lipinski definition) is 2. The number of benzene rings is 1. The zero-order chi connectivity index (χ0) is 13.8. The van der Waals surface area contributed by atoms with Gasteiger partial charge < -0.3 is 4.90 Å². The van der Waals surface area contributed by atoms with Crippen LogP contribution in [0.25, 0.3) is 0 Å². The number of aromatic nitrogens is 2. The van der Waals surface area contributed by atoms with Crippen molar-refractivity contribution in [1.82, 2.24) is 9.97 Å². The van der Waals surface area contributed by atoms with Crippen LogP contribution in [0.2, 0.25) is 0 Å². The highest BCUT2D eigenvalue weighted by molar-refractivity contribution is 9.10. The lowest BCUT2D eigenvalue weighted by Gasteiger charge is -2.20. The standard InChI is InChI=1S/C13H16BrN5/c1-9-4-3-5-10(6-9)8-19(2)12-11(14)7-16-13(17-12)18-15/h3-7H,8,15H2,1-2H3,(H,16,17,18). The van der Waals surface area contributed by atoms with E-state index < -0.39 is 0 Å². The van der Waals surface area contributed by atoms with Crippen molar-refractivity contribution in [2.24, 2.45) is 5.84 Å². The summed E-state index contributed by atoms with van der Waals surface area (Å²) in [5.41, 5.74) is 4.93. The number of rotatable bonds is 4. The maximum Gasteiger partial charge on any atom is 0.239 e. The molecule has 0 saturated heterocycles. The lowest BCUT2D eigenvalue weighted by Crippen LogP contribution is -2.20. The summed E-state index contributed by atoms with van der Waals surface area (Å²) in [6, 6.07) is 8.40. The van der Waals surface area contributed by atoms with Gasteiger partial charge in [0.15, 0.2) is 0 Å². The van der Waals surface area contributed by atoms with Crippen LogP contribution in [0.1, 0.15) is 11.1 Å². The quantitative estimate of drug-likeness (QED) is 0.669. The van der Waals surface area contributed by atoms with E-state index in [1.54, 1.807) is 6.20 Å². The van der Waals surface area contributed by atoms with Gasteiger partial charge in [0.05, 0.1) is 4.47 Å². The normalized spacial score (nSPS) is 10.3. The van der Waals surface area contributed by atoms with Crippen molar-refractivity contribution in [2.45, 2.75) is 13.5 Å². The molecule has 3 N–H and O–H groups in total. The van der Waals surface area contributed by atoms with Gasteiger partial charge in [-0.1, -0.05) is 29.8 Å². The number of nitrogens with one attached hydrogen (secondary N) is 1. The number of nitrogen functional groups attached to an aromatic ring is 1. The lowest BCUT2D eigenvalue weighted by atomic mass is 10.1. The van der Waals surface area contributed by atoms with Crippen LogP contribution in [0.5, 0.6) is 0 Å². The summed E-state index contributed by atoms with van der Waals surface area (Å²) in [7, 11) is 1.98. The monoisotopic (exact) mass is 321 g/mol. The third-order valence-corrected chi connectivity index (χ3v) is 3.28. The predicted molar refractivity (Wildman–Crippen MR) is 80.8 cm³/mol. The van der Waals surface area contributed by atoms with Crippen LogP contribution in [-0.4, -0.2) is 17.0 Å². The minimum atomic E-state index is 0.397. The molecule has 0 atom stereocenters. The first-order valence-corrected chi connectivity index (χ1v) is 6.65. The molecule has 5 nitrogen and oxygen atoms in total. The van der Waals surface area contributed by atoms with E-state index in [1.165, 1.54) is 11.1 Å². The van der Waals surface area contributed by atoms with Crippen molar-refractivity contribution in [2.75, 3.05) is 17.4 Å². The van der Waals surface area contributed by atoms with E-state index in [9.17, 15) is 0 Å². The van der Waals surface area contributed by atoms with E-state index in [-0.39, 0.29) is 0 Å². The molecular formula is C13H16BrN5. The zero-order valence-electron chi connectivity index (χ0n) is 10.9. The Labute approximate surface area is 121 Å². The van der Waals surface area contributed by atoms with Gasteiger partial charge in [-0.05, 0) is 28.4 Å². The van der Waals surface area contributed by atoms with Gasteiger partial charge in [-0.15, -0.1) is 0 Å². The van der Waals surface area contributed by atoms with Crippen molar-refractivity contribution < 1.29 is 0 Å². The van der Waals surface area contributed by atoms with E-state index in [0.717, 1.165) is 16.8 Å². The van der Waals surface area contributed by atoms with Gasteiger partial charge in [0.2, 0.25) is 5.95 Å². The molecule has 100 valence electrons. The van der Waals surface area contributed by atoms with Crippen molar-refractivity contribution in [3.63, 3.8) is 0 Å². The smallest absolute Gasteiger partial charge is 0.239 e. The molecule has 0 bridgehead atoms. The third-order valence-electron chi connectivity index (χ3n) is 2.72. The largest absolute Gasteiger partial charge is 0.354 e. The SMILES string of the molecule is Cc1cccc(CN(C)c2nc(NN)ncc2Br)c1. The highest BCUT2D eigenvalue weighted by atomic mass is 79.9. The van der Waals surface area contributed by atoms with Crippen molar-refractivity contribution in [1.29, 1.82) is 0 Å². The van der Waals surface area contributed by atoms with Crippen molar-refractivity contribution >= 4 is 27.7 Å². The molecule has 0 aliphatic rings. The first kappa shape index (κ1) is 13.8. The molecule has 0 amide bonds. The fourth-order valence-corrected chi connectivity index (χ4v) is 2.35. The second-order valence-electron chi connectivity index (χ2n) is 4.35. The Hall–Kier alpha value is -1.66. The number of aryl methyl sites for hydroxylation is 1. The second-order valence-corrected chi connectivity index (χ2v) is 5.21. The fraction of sp³-hybridized carbons (Fsp3) is 0.231. The Balaban J connectivity index is 2.22. The van der Waals surface area contributed by atoms with Crippen LogP contribution >= 0.6 is 15.9 Å². The molecule has 6 heteroatoms. The third kappa shape index (κ3) is 3.42. The summed E-state index contributed by atoms with van der Waals surface area (Å²) < 4.78 is 0.835. The molecule has 1 aromatic heterocycles. The molecule has 2 rings (SSSR count). The van der Waals surface area contributed by atoms with Gasteiger partial charge in [0, 0.05) is 19.8 Å². The number of nitrogens with two attached hydrogens (primary N) is 1. The molecule has 2 aromatic rings. The van der Waals surface area contributed by atoms with E-state index in [2.05, 4.69) is 62.5 Å². The molecule has 0 saturated carbocycles. The molecule has 0 fully saturated rings. The summed E-state index contributed by atoms with van der Waals surface area (Å²) >= 11 is 3.45. The van der Waals surface area contributed by atoms with Crippen molar-refractivity contribution in [3.8, 4) is 0 Å². The van der Waals surface area contributed by atoms with Crippen LogP contribution in [0.3, 0.4) is 0 Å². The highest BCUT2D eigenvalue weighted by Gasteiger charge is 2.10. The van der Waals surface area contributed by atoms with E-state index in [4.69, 9.17) is 5.84 Å². The van der Waals surface area contributed by atoms with Gasteiger partial charge in [-0.2, -0.15) is 4.98 Å². The summed E-state index contributed by atoms with van der Waals surface area (Å²) in [6.45, 7) is 2.85. The lowest BCUT2D eigenvalue weighted by molar-refractivity contribution is 0.885. The van der Waals surface area contributed by atoms with Gasteiger partial charge in [0.1, 0.15) is 5.82 Å². The molecule has 0 spiro atoms. The number of halogens is 1. The molecule has 0 unspecified atom stereocenters. The predicted octanol–water partition coefficient (Wildman–Crippen LogP) is 2.47. The number of hydrogen-bond acceptors (Lipinski definition) is 5. The number of anilines is 2. The van der Waals surface area contributed by atoms with Crippen LogP contribution in [0.4, 0.5) is 11.8 Å². The summed E-state index contributed by atoms with van der Waals surface area (Å²) in [5.74, 6) is 6.53. The average Bonchev–Trinajstić information content (AvgIpc) is 2.39. The van der Waals surface area contributed by atoms with Gasteiger partial charge in [0.25, 0.3) is 0 Å². The second kappa shape index (κ2) is 5.99. The summed E-state index contributed by atoms with van der Waals surface area (Å²) in [5, 5.41) is 0. The zero-order valence-corrected chi connectivity index (χ0v) is 12.5. The van der Waals surface area contributed by atoms with Crippen LogP contribution in [-0.2, 0) is 6.54 Å². The Kier molecular flexibility index (Phi) is 4.34. The van der Waals surface area contributed by atoms with Gasteiger partial charge >= 0.3 is 0 Å². The molecule has 0 aliphatic carbocycles. The van der Waals surface area contributed by atoms with Crippen molar-refractivity contribution in [3.05, 3.63) is 46.1 Å². The molecular weight excluding hydrogens is 306 g/mol. The van der Waals surface area contributed by atoms with E-state index in [0.29, 0.717) is 5.95 Å². The van der Waals surface area contributed by atoms with Crippen LogP contribution in [0.15, 0.2) is 34.9 Å². The molecule has 1 aromatic carbocycles. The van der Waals surface area contributed by atoms with Crippen LogP contribution < -0.4 is 16.2 Å². The number of hydrazine groups is 1. The molecule has 19 heavy (non-hydrogen) atoms. The van der Waals surface area contributed by atoms with E-state index >= 15 is 0 Å². The van der Waals surface area contributed by atoms with Gasteiger partial charge in [-0.3, -0.25) is 5.43 Å². The van der Waals surface area contributed by atoms with E-state index in [1.807, 2.05) is 11.9 Å². The summed E-state index contributed by atoms with van der Waals surface area (Å²) in [4.78, 5) is 10.4. The first-order chi connectivity index (χ1) is 9.10. The average molecular weight is 322 g/mol. The molecule has 1 heterocycles. The maximum absolute atomic E-state index is 5.33. The topological polar surface area (TPSA) is 67.1 Å². The fourth-order valence-electron chi connectivity index (χ4n) is 1.85. The first-order valence-electron chi connectivity index (χ1n) is 5.86. The number of nitrogens with zero attached hydrogens (tertiary/aromatic N) is 3. The van der Waals surface area contributed by atoms with Crippen LogP contribution in [0, 0.1) is 6.92 Å². The minimum Gasteiger partial charge on any atom is -0.354 e. The van der Waals surface area contributed by atoms with Gasteiger partial charge in [-0.25, -0.2) is 10.8 Å².